The van der Waals surface area contributed by atoms with E-state index in [1.807, 2.05) is 6.92 Å². The average Bonchev–Trinajstić information content (AvgIpc) is 2.85. The van der Waals surface area contributed by atoms with Crippen LogP contribution >= 0.6 is 11.3 Å². The summed E-state index contributed by atoms with van der Waals surface area (Å²) >= 11 is 1.43. The molecular weight excluding hydrogens is 262 g/mol. The average molecular weight is 285 g/mol. The Hall–Kier alpha value is -1.14. The molecule has 1 aromatic rings. The molecule has 3 N–H and O–H groups in total. The van der Waals surface area contributed by atoms with Gasteiger partial charge in [-0.25, -0.2) is 4.98 Å². The number of anilines is 1. The molecular formula is C13H23N3O2S. The van der Waals surface area contributed by atoms with Gasteiger partial charge in [-0.3, -0.25) is 4.79 Å². The quantitative estimate of drug-likeness (QED) is 0.649. The molecule has 0 aliphatic heterocycles. The maximum atomic E-state index is 11.9. The first-order valence-electron chi connectivity index (χ1n) is 6.79. The van der Waals surface area contributed by atoms with E-state index in [0.717, 1.165) is 30.9 Å². The van der Waals surface area contributed by atoms with Crippen LogP contribution in [0.15, 0.2) is 5.38 Å². The number of hydrogen-bond acceptors (Lipinski definition) is 5. The van der Waals surface area contributed by atoms with Gasteiger partial charge in [-0.05, 0) is 25.7 Å². The highest BCUT2D eigenvalue weighted by Gasteiger charge is 2.13. The number of aliphatic hydroxyl groups excluding tert-OH is 1. The van der Waals surface area contributed by atoms with Crippen molar-refractivity contribution in [1.82, 2.24) is 10.3 Å². The number of rotatable bonds is 9. The molecule has 1 unspecified atom stereocenters. The molecule has 0 fully saturated rings. The molecule has 0 bridgehead atoms. The van der Waals surface area contributed by atoms with E-state index < -0.39 is 0 Å². The number of hydrogen-bond donors (Lipinski definition) is 3. The largest absolute Gasteiger partial charge is 0.396 e. The molecule has 1 rings (SSSR count). The third-order valence-electron chi connectivity index (χ3n) is 2.85. The Labute approximate surface area is 118 Å². The lowest BCUT2D eigenvalue weighted by Crippen LogP contribution is -2.30. The second-order valence-corrected chi connectivity index (χ2v) is 5.30. The van der Waals surface area contributed by atoms with Crippen LogP contribution < -0.4 is 10.6 Å². The van der Waals surface area contributed by atoms with Gasteiger partial charge < -0.3 is 15.7 Å². The highest BCUT2D eigenvalue weighted by Crippen LogP contribution is 2.15. The lowest BCUT2D eigenvalue weighted by Gasteiger charge is -2.15. The van der Waals surface area contributed by atoms with Crippen LogP contribution in [0.3, 0.4) is 0 Å². The molecule has 0 spiro atoms. The highest BCUT2D eigenvalue weighted by molar-refractivity contribution is 7.13. The van der Waals surface area contributed by atoms with Crippen LogP contribution in [0.5, 0.6) is 0 Å². The van der Waals surface area contributed by atoms with Crippen LogP contribution in [-0.2, 0) is 0 Å². The zero-order valence-corrected chi connectivity index (χ0v) is 12.4. The number of nitrogens with one attached hydrogen (secondary N) is 2. The van der Waals surface area contributed by atoms with Crippen molar-refractivity contribution in [1.29, 1.82) is 0 Å². The second kappa shape index (κ2) is 8.87. The summed E-state index contributed by atoms with van der Waals surface area (Å²) in [4.78, 5) is 16.1. The topological polar surface area (TPSA) is 74.2 Å². The first kappa shape index (κ1) is 15.9. The van der Waals surface area contributed by atoms with Crippen molar-refractivity contribution >= 4 is 22.4 Å². The van der Waals surface area contributed by atoms with E-state index in [2.05, 4.69) is 22.5 Å². The molecule has 5 nitrogen and oxygen atoms in total. The first-order valence-corrected chi connectivity index (χ1v) is 7.67. The molecule has 108 valence electrons. The Morgan fingerprint density at radius 2 is 2.26 bits per heavy atom. The number of amides is 1. The fourth-order valence-electron chi connectivity index (χ4n) is 1.88. The smallest absolute Gasteiger partial charge is 0.270 e. The molecule has 1 atom stereocenters. The minimum Gasteiger partial charge on any atom is -0.396 e. The maximum absolute atomic E-state index is 11.9. The van der Waals surface area contributed by atoms with Crippen molar-refractivity contribution in [2.24, 2.45) is 5.92 Å². The number of nitrogens with zero attached hydrogens (tertiary/aromatic N) is 1. The number of carbonyl (C=O) groups is 1. The maximum Gasteiger partial charge on any atom is 0.270 e. The van der Waals surface area contributed by atoms with Gasteiger partial charge in [0.05, 0.1) is 0 Å². The Kier molecular flexibility index (Phi) is 7.43. The Morgan fingerprint density at radius 1 is 1.47 bits per heavy atom. The summed E-state index contributed by atoms with van der Waals surface area (Å²) < 4.78 is 0. The van der Waals surface area contributed by atoms with Crippen LogP contribution in [0.4, 0.5) is 5.13 Å². The molecule has 0 radical (unpaired) electrons. The van der Waals surface area contributed by atoms with Gasteiger partial charge in [0, 0.05) is 25.1 Å². The van der Waals surface area contributed by atoms with Gasteiger partial charge >= 0.3 is 0 Å². The molecule has 1 aromatic heterocycles. The van der Waals surface area contributed by atoms with Gasteiger partial charge in [0.15, 0.2) is 5.13 Å². The highest BCUT2D eigenvalue weighted by atomic mass is 32.1. The zero-order chi connectivity index (χ0) is 14.1. The summed E-state index contributed by atoms with van der Waals surface area (Å²) in [6.45, 7) is 5.66. The van der Waals surface area contributed by atoms with E-state index in [-0.39, 0.29) is 12.5 Å². The minimum atomic E-state index is -0.139. The van der Waals surface area contributed by atoms with E-state index in [1.165, 1.54) is 11.3 Å². The third kappa shape index (κ3) is 5.57. The van der Waals surface area contributed by atoms with Crippen LogP contribution in [0.2, 0.25) is 0 Å². The van der Waals surface area contributed by atoms with Crippen molar-refractivity contribution in [3.05, 3.63) is 11.1 Å². The lowest BCUT2D eigenvalue weighted by atomic mass is 10.0. The normalized spacial score (nSPS) is 12.2. The molecule has 0 aliphatic rings. The van der Waals surface area contributed by atoms with E-state index >= 15 is 0 Å². The van der Waals surface area contributed by atoms with Crippen molar-refractivity contribution in [3.8, 4) is 0 Å². The second-order valence-electron chi connectivity index (χ2n) is 4.45. The SMILES string of the molecule is CCCC(CCO)CNC(=O)c1csc(NCC)n1. The van der Waals surface area contributed by atoms with Crippen LogP contribution in [0.25, 0.3) is 0 Å². The fraction of sp³-hybridized carbons (Fsp3) is 0.692. The predicted molar refractivity (Wildman–Crippen MR) is 78.7 cm³/mol. The number of aliphatic hydroxyl groups is 1. The van der Waals surface area contributed by atoms with Gasteiger partial charge in [0.25, 0.3) is 5.91 Å². The molecule has 0 saturated carbocycles. The van der Waals surface area contributed by atoms with Gasteiger partial charge in [-0.2, -0.15) is 0 Å². The van der Waals surface area contributed by atoms with Crippen LogP contribution in [0.1, 0.15) is 43.6 Å². The lowest BCUT2D eigenvalue weighted by molar-refractivity contribution is 0.0938. The monoisotopic (exact) mass is 285 g/mol. The molecule has 19 heavy (non-hydrogen) atoms. The summed E-state index contributed by atoms with van der Waals surface area (Å²) in [5, 5.41) is 17.5. The van der Waals surface area contributed by atoms with Crippen molar-refractivity contribution in [3.63, 3.8) is 0 Å². The standard InChI is InChI=1S/C13H23N3O2S/c1-3-5-10(6-7-17)8-15-12(18)11-9-19-13(16-11)14-4-2/h9-10,17H,3-8H2,1-2H3,(H,14,16)(H,15,18). The summed E-state index contributed by atoms with van der Waals surface area (Å²) in [5.41, 5.74) is 0.459. The van der Waals surface area contributed by atoms with Crippen molar-refractivity contribution in [2.45, 2.75) is 33.1 Å². The van der Waals surface area contributed by atoms with E-state index in [0.29, 0.717) is 18.2 Å². The molecule has 0 aromatic carbocycles. The van der Waals surface area contributed by atoms with Crippen molar-refractivity contribution < 1.29 is 9.90 Å². The fourth-order valence-corrected chi connectivity index (χ4v) is 2.64. The predicted octanol–water partition coefficient (Wildman–Crippen LogP) is 2.10. The molecule has 0 aliphatic carbocycles. The Morgan fingerprint density at radius 3 is 2.89 bits per heavy atom. The van der Waals surface area contributed by atoms with E-state index in [4.69, 9.17) is 5.11 Å². The van der Waals surface area contributed by atoms with Gasteiger partial charge in [0.2, 0.25) is 0 Å². The summed E-state index contributed by atoms with van der Waals surface area (Å²) in [7, 11) is 0. The Bertz CT molecular complexity index is 376. The molecule has 1 heterocycles. The first-order chi connectivity index (χ1) is 9.21. The van der Waals surface area contributed by atoms with Crippen LogP contribution in [0, 0.1) is 5.92 Å². The zero-order valence-electron chi connectivity index (χ0n) is 11.6. The van der Waals surface area contributed by atoms with Crippen LogP contribution in [-0.4, -0.2) is 35.7 Å². The molecule has 0 saturated heterocycles. The van der Waals surface area contributed by atoms with E-state index in [1.54, 1.807) is 5.38 Å². The van der Waals surface area contributed by atoms with E-state index in [9.17, 15) is 4.79 Å². The minimum absolute atomic E-state index is 0.139. The van der Waals surface area contributed by atoms with Gasteiger partial charge in [-0.15, -0.1) is 11.3 Å². The van der Waals surface area contributed by atoms with Gasteiger partial charge in [-0.1, -0.05) is 13.3 Å². The third-order valence-corrected chi connectivity index (χ3v) is 3.65. The summed E-state index contributed by atoms with van der Waals surface area (Å²) in [5.74, 6) is 0.199. The Balaban J connectivity index is 2.44. The van der Waals surface area contributed by atoms with Crippen molar-refractivity contribution in [2.75, 3.05) is 25.0 Å². The number of thiazole rings is 1. The number of aromatic nitrogens is 1. The molecule has 6 heteroatoms. The molecule has 1 amide bonds. The summed E-state index contributed by atoms with van der Waals surface area (Å²) in [6.07, 6.45) is 2.80. The summed E-state index contributed by atoms with van der Waals surface area (Å²) in [6, 6.07) is 0. The van der Waals surface area contributed by atoms with Gasteiger partial charge in [0.1, 0.15) is 5.69 Å². The number of carbonyl (C=O) groups excluding carboxylic acids is 1.